The van der Waals surface area contributed by atoms with Gasteiger partial charge in [0.2, 0.25) is 11.8 Å². The first kappa shape index (κ1) is 22.8. The van der Waals surface area contributed by atoms with Crippen molar-refractivity contribution in [2.45, 2.75) is 19.9 Å². The molecule has 0 aliphatic carbocycles. The summed E-state index contributed by atoms with van der Waals surface area (Å²) in [6.07, 6.45) is 0. The molecule has 1 aromatic carbocycles. The van der Waals surface area contributed by atoms with Gasteiger partial charge in [-0.1, -0.05) is 13.8 Å². The van der Waals surface area contributed by atoms with Crippen LogP contribution in [-0.2, 0) is 9.59 Å². The van der Waals surface area contributed by atoms with Crippen molar-refractivity contribution in [3.05, 3.63) is 35.6 Å². The second-order valence-corrected chi connectivity index (χ2v) is 5.60. The Morgan fingerprint density at radius 1 is 1.04 bits per heavy atom. The molecule has 0 saturated heterocycles. The molecule has 0 heterocycles. The fourth-order valence-corrected chi connectivity index (χ4v) is 1.73. The Morgan fingerprint density at radius 3 is 2.16 bits per heavy atom. The monoisotopic (exact) mass is 374 g/mol. The van der Waals surface area contributed by atoms with Crippen LogP contribution in [-0.4, -0.2) is 43.4 Å². The number of carbonyl (C=O) groups excluding carboxylic acids is 3. The lowest BCUT2D eigenvalue weighted by atomic mass is 10.1. The van der Waals surface area contributed by atoms with Crippen LogP contribution < -0.4 is 21.7 Å². The Kier molecular flexibility index (Phi) is 10.4. The number of hydrogen-bond donors (Lipinski definition) is 4. The first-order chi connectivity index (χ1) is 11.3. The van der Waals surface area contributed by atoms with E-state index in [-0.39, 0.29) is 55.7 Å². The van der Waals surface area contributed by atoms with Gasteiger partial charge in [-0.05, 0) is 30.2 Å². The van der Waals surface area contributed by atoms with Crippen molar-refractivity contribution in [3.8, 4) is 0 Å². The van der Waals surface area contributed by atoms with E-state index in [9.17, 15) is 18.8 Å². The predicted octanol–water partition coefficient (Wildman–Crippen LogP) is 0.193. The number of carbonyl (C=O) groups is 3. The lowest BCUT2D eigenvalue weighted by molar-refractivity contribution is -0.127. The number of rotatable bonds is 8. The molecular weight excluding hydrogens is 351 g/mol. The quantitative estimate of drug-likeness (QED) is 0.486. The van der Waals surface area contributed by atoms with Gasteiger partial charge in [0.1, 0.15) is 5.82 Å². The van der Waals surface area contributed by atoms with Crippen molar-refractivity contribution < 1.29 is 18.8 Å². The molecule has 9 heteroatoms. The Morgan fingerprint density at radius 2 is 1.60 bits per heavy atom. The normalized spacial score (nSPS) is 11.2. The maximum atomic E-state index is 12.8. The molecule has 0 aliphatic rings. The van der Waals surface area contributed by atoms with Crippen LogP contribution in [0.3, 0.4) is 0 Å². The minimum absolute atomic E-state index is 0. The third kappa shape index (κ3) is 8.46. The van der Waals surface area contributed by atoms with Gasteiger partial charge < -0.3 is 21.7 Å². The Labute approximate surface area is 152 Å². The summed E-state index contributed by atoms with van der Waals surface area (Å²) in [5, 5.41) is 7.59. The molecule has 0 unspecified atom stereocenters. The maximum Gasteiger partial charge on any atom is 0.251 e. The molecule has 0 radical (unpaired) electrons. The standard InChI is InChI=1S/C16H23FN4O3.ClH/c1-10(2)14(18)16(24)21-9-13(22)19-7-8-20-15(23)11-3-5-12(17)6-4-11;/h3-6,10,14H,7-9,18H2,1-2H3,(H,19,22)(H,20,23)(H,21,24);1H/t14-;/m0./s1. The topological polar surface area (TPSA) is 113 Å². The molecule has 0 fully saturated rings. The summed E-state index contributed by atoms with van der Waals surface area (Å²) >= 11 is 0. The zero-order valence-corrected chi connectivity index (χ0v) is 15.0. The van der Waals surface area contributed by atoms with Crippen LogP contribution in [0.2, 0.25) is 0 Å². The highest BCUT2D eigenvalue weighted by atomic mass is 35.5. The Hall–Kier alpha value is -2.19. The van der Waals surface area contributed by atoms with Gasteiger partial charge in [0.25, 0.3) is 5.91 Å². The smallest absolute Gasteiger partial charge is 0.251 e. The number of nitrogens with two attached hydrogens (primary N) is 1. The number of halogens is 2. The van der Waals surface area contributed by atoms with E-state index in [0.29, 0.717) is 5.56 Å². The van der Waals surface area contributed by atoms with Gasteiger partial charge in [0.15, 0.2) is 0 Å². The van der Waals surface area contributed by atoms with Crippen molar-refractivity contribution >= 4 is 30.1 Å². The lowest BCUT2D eigenvalue weighted by Crippen LogP contribution is -2.47. The summed E-state index contributed by atoms with van der Waals surface area (Å²) in [4.78, 5) is 34.9. The average molecular weight is 375 g/mol. The summed E-state index contributed by atoms with van der Waals surface area (Å²) in [5.41, 5.74) is 5.98. The molecule has 1 aromatic rings. The van der Waals surface area contributed by atoms with E-state index in [4.69, 9.17) is 5.73 Å². The van der Waals surface area contributed by atoms with E-state index in [2.05, 4.69) is 16.0 Å². The highest BCUT2D eigenvalue weighted by Gasteiger charge is 2.17. The van der Waals surface area contributed by atoms with Gasteiger partial charge in [0.05, 0.1) is 12.6 Å². The van der Waals surface area contributed by atoms with Gasteiger partial charge >= 0.3 is 0 Å². The fraction of sp³-hybridized carbons (Fsp3) is 0.438. The summed E-state index contributed by atoms with van der Waals surface area (Å²) in [5.74, 6) is -1.56. The van der Waals surface area contributed by atoms with Gasteiger partial charge in [-0.25, -0.2) is 4.39 Å². The van der Waals surface area contributed by atoms with Crippen LogP contribution in [0.15, 0.2) is 24.3 Å². The van der Waals surface area contributed by atoms with Crippen molar-refractivity contribution in [2.75, 3.05) is 19.6 Å². The van der Waals surface area contributed by atoms with Gasteiger partial charge in [0, 0.05) is 18.7 Å². The molecule has 7 nitrogen and oxygen atoms in total. The van der Waals surface area contributed by atoms with E-state index in [1.165, 1.54) is 24.3 Å². The van der Waals surface area contributed by atoms with Crippen LogP contribution in [0.25, 0.3) is 0 Å². The number of amides is 3. The zero-order chi connectivity index (χ0) is 18.1. The van der Waals surface area contributed by atoms with Crippen LogP contribution in [0, 0.1) is 11.7 Å². The molecule has 0 aliphatic heterocycles. The lowest BCUT2D eigenvalue weighted by Gasteiger charge is -2.15. The van der Waals surface area contributed by atoms with Gasteiger partial charge in [-0.3, -0.25) is 14.4 Å². The first-order valence-electron chi connectivity index (χ1n) is 7.65. The van der Waals surface area contributed by atoms with Crippen molar-refractivity contribution in [3.63, 3.8) is 0 Å². The minimum Gasteiger partial charge on any atom is -0.353 e. The SMILES string of the molecule is CC(C)[C@H](N)C(=O)NCC(=O)NCCNC(=O)c1ccc(F)cc1.Cl. The molecule has 1 atom stereocenters. The van der Waals surface area contributed by atoms with E-state index < -0.39 is 11.9 Å². The maximum absolute atomic E-state index is 12.8. The van der Waals surface area contributed by atoms with Crippen LogP contribution in [0.4, 0.5) is 4.39 Å². The molecule has 140 valence electrons. The molecule has 0 spiro atoms. The summed E-state index contributed by atoms with van der Waals surface area (Å²) in [7, 11) is 0. The summed E-state index contributed by atoms with van der Waals surface area (Å²) in [6.45, 7) is 3.87. The largest absolute Gasteiger partial charge is 0.353 e. The molecular formula is C16H24ClFN4O3. The molecule has 0 saturated carbocycles. The fourth-order valence-electron chi connectivity index (χ4n) is 1.73. The number of nitrogens with one attached hydrogen (secondary N) is 3. The van der Waals surface area contributed by atoms with Gasteiger partial charge in [-0.15, -0.1) is 12.4 Å². The van der Waals surface area contributed by atoms with Crippen LogP contribution >= 0.6 is 12.4 Å². The third-order valence-electron chi connectivity index (χ3n) is 3.28. The van der Waals surface area contributed by atoms with Crippen molar-refractivity contribution in [2.24, 2.45) is 11.7 Å². The highest BCUT2D eigenvalue weighted by molar-refractivity contribution is 5.94. The number of benzene rings is 1. The first-order valence-corrected chi connectivity index (χ1v) is 7.65. The van der Waals surface area contributed by atoms with E-state index in [1.807, 2.05) is 13.8 Å². The molecule has 1 rings (SSSR count). The number of hydrogen-bond acceptors (Lipinski definition) is 4. The second kappa shape index (κ2) is 11.4. The third-order valence-corrected chi connectivity index (χ3v) is 3.28. The van der Waals surface area contributed by atoms with Crippen LogP contribution in [0.5, 0.6) is 0 Å². The minimum atomic E-state index is -0.659. The summed E-state index contributed by atoms with van der Waals surface area (Å²) < 4.78 is 12.8. The second-order valence-electron chi connectivity index (χ2n) is 5.60. The molecule has 3 amide bonds. The van der Waals surface area contributed by atoms with Crippen LogP contribution in [0.1, 0.15) is 24.2 Å². The highest BCUT2D eigenvalue weighted by Crippen LogP contribution is 2.02. The Bertz CT molecular complexity index is 581. The van der Waals surface area contributed by atoms with E-state index in [1.54, 1.807) is 0 Å². The molecule has 0 aromatic heterocycles. The predicted molar refractivity (Wildman–Crippen MR) is 94.8 cm³/mol. The van der Waals surface area contributed by atoms with Crippen molar-refractivity contribution in [1.82, 2.24) is 16.0 Å². The molecule has 5 N–H and O–H groups in total. The summed E-state index contributed by atoms with van der Waals surface area (Å²) in [6, 6.07) is 4.48. The Balaban J connectivity index is 0.00000576. The van der Waals surface area contributed by atoms with Crippen molar-refractivity contribution in [1.29, 1.82) is 0 Å². The van der Waals surface area contributed by atoms with E-state index in [0.717, 1.165) is 0 Å². The molecule has 25 heavy (non-hydrogen) atoms. The van der Waals surface area contributed by atoms with E-state index >= 15 is 0 Å². The average Bonchev–Trinajstić information content (AvgIpc) is 2.56. The zero-order valence-electron chi connectivity index (χ0n) is 14.2. The van der Waals surface area contributed by atoms with Gasteiger partial charge in [-0.2, -0.15) is 0 Å². The molecule has 0 bridgehead atoms.